The van der Waals surface area contributed by atoms with Crippen LogP contribution in [0.2, 0.25) is 0 Å². The van der Waals surface area contributed by atoms with Gasteiger partial charge in [-0.1, -0.05) is 85.0 Å². The highest BCUT2D eigenvalue weighted by Crippen LogP contribution is 2.17. The Morgan fingerprint density at radius 2 is 1.39 bits per heavy atom. The Kier molecular flexibility index (Phi) is 24.1. The number of carbonyl (C=O) groups excluding carboxylic acids is 2. The first-order valence-corrected chi connectivity index (χ1v) is 16.7. The lowest BCUT2D eigenvalue weighted by atomic mass is 9.99. The first-order valence-electron chi connectivity index (χ1n) is 16.7. The van der Waals surface area contributed by atoms with E-state index in [-0.39, 0.29) is 31.5 Å². The van der Waals surface area contributed by atoms with Gasteiger partial charge in [-0.25, -0.2) is 4.79 Å². The molecule has 0 amide bonds. The fourth-order valence-corrected chi connectivity index (χ4v) is 4.96. The molecule has 41 heavy (non-hydrogen) atoms. The Bertz CT molecular complexity index is 615. The topological polar surface area (TPSA) is 83.5 Å². The Hall–Kier alpha value is -1.38. The van der Waals surface area contributed by atoms with Crippen molar-refractivity contribution in [2.75, 3.05) is 52.7 Å². The number of piperidine rings is 1. The Labute approximate surface area is 251 Å². The number of unbranched alkanes of at least 4 members (excludes halogenated alkanes) is 10. The van der Waals surface area contributed by atoms with Gasteiger partial charge < -0.3 is 28.6 Å². The van der Waals surface area contributed by atoms with E-state index in [9.17, 15) is 9.59 Å². The highest BCUT2D eigenvalue weighted by Gasteiger charge is 2.21. The van der Waals surface area contributed by atoms with Gasteiger partial charge in [0.1, 0.15) is 6.61 Å². The van der Waals surface area contributed by atoms with Crippen molar-refractivity contribution in [3.63, 3.8) is 0 Å². The molecule has 0 saturated carbocycles. The quantitative estimate of drug-likeness (QED) is 0.0580. The fraction of sp³-hybridized carbons (Fsp3) is 0.909. The third-order valence-corrected chi connectivity index (χ3v) is 7.59. The van der Waals surface area contributed by atoms with E-state index in [1.807, 2.05) is 0 Å². The molecule has 0 aliphatic carbocycles. The number of nitrogens with zero attached hydrogens (tertiary/aromatic N) is 1. The molecule has 1 saturated heterocycles. The molecule has 8 heteroatoms. The molecule has 2 atom stereocenters. The van der Waals surface area contributed by atoms with Crippen molar-refractivity contribution in [2.24, 2.45) is 11.8 Å². The normalized spacial score (nSPS) is 16.6. The summed E-state index contributed by atoms with van der Waals surface area (Å²) in [5, 5.41) is 0. The van der Waals surface area contributed by atoms with Crippen molar-refractivity contribution >= 4 is 12.1 Å². The van der Waals surface area contributed by atoms with E-state index < -0.39 is 12.4 Å². The van der Waals surface area contributed by atoms with Crippen LogP contribution in [-0.2, 0) is 28.5 Å². The summed E-state index contributed by atoms with van der Waals surface area (Å²) < 4.78 is 27.8. The van der Waals surface area contributed by atoms with Crippen LogP contribution >= 0.6 is 0 Å². The summed E-state index contributed by atoms with van der Waals surface area (Å²) in [7, 11) is 0. The molecular weight excluding hydrogens is 522 g/mol. The average molecular weight is 585 g/mol. The summed E-state index contributed by atoms with van der Waals surface area (Å²) >= 11 is 0. The number of hydrogen-bond donors (Lipinski definition) is 0. The first-order chi connectivity index (χ1) is 20.0. The van der Waals surface area contributed by atoms with Crippen LogP contribution in [0.4, 0.5) is 4.79 Å². The number of esters is 1. The predicted molar refractivity (Wildman–Crippen MR) is 164 cm³/mol. The summed E-state index contributed by atoms with van der Waals surface area (Å²) in [6.07, 6.45) is 16.2. The summed E-state index contributed by atoms with van der Waals surface area (Å²) in [6.45, 7) is 15.4. The smallest absolute Gasteiger partial charge is 0.465 e. The van der Waals surface area contributed by atoms with E-state index in [0.717, 1.165) is 58.2 Å². The molecule has 0 aromatic rings. The Morgan fingerprint density at radius 1 is 0.805 bits per heavy atom. The molecule has 1 aliphatic heterocycles. The minimum Gasteiger partial charge on any atom is -0.465 e. The van der Waals surface area contributed by atoms with Crippen molar-refractivity contribution in [3.8, 4) is 0 Å². The van der Waals surface area contributed by atoms with Gasteiger partial charge in [-0.3, -0.25) is 4.79 Å². The Balaban J connectivity index is 2.23. The minimum absolute atomic E-state index is 0.0449. The number of hydrogen-bond acceptors (Lipinski definition) is 8. The SMILES string of the molecule is [CH2]C(COC(=O)CCC(OCCCCCCCC)OCCCCCCCC)COC(=O)OCC1CCCN(CC)C1. The van der Waals surface area contributed by atoms with E-state index >= 15 is 0 Å². The van der Waals surface area contributed by atoms with E-state index in [2.05, 4.69) is 32.6 Å². The molecule has 1 fully saturated rings. The van der Waals surface area contributed by atoms with Crippen LogP contribution in [0.3, 0.4) is 0 Å². The molecule has 0 bridgehead atoms. The van der Waals surface area contributed by atoms with Gasteiger partial charge in [0.25, 0.3) is 0 Å². The standard InChI is InChI=1S/C33H62NO7/c1-5-8-10-12-14-16-23-37-32(38-24-17-15-13-11-9-6-2)21-20-31(35)39-26-29(4)27-40-33(36)41-28-30-19-18-22-34(7-3)25-30/h29-30,32H,4-28H2,1-3H3. The maximum absolute atomic E-state index is 12.4. The molecule has 2 unspecified atom stereocenters. The number of ether oxygens (including phenoxy) is 5. The molecule has 1 radical (unpaired) electrons. The lowest BCUT2D eigenvalue weighted by molar-refractivity contribution is -0.160. The van der Waals surface area contributed by atoms with Gasteiger partial charge >= 0.3 is 12.1 Å². The second-order valence-corrected chi connectivity index (χ2v) is 11.6. The molecule has 1 rings (SSSR count). The molecule has 0 N–H and O–H groups in total. The van der Waals surface area contributed by atoms with Gasteiger partial charge in [-0.15, -0.1) is 0 Å². The van der Waals surface area contributed by atoms with Crippen LogP contribution in [0.1, 0.15) is 124 Å². The maximum Gasteiger partial charge on any atom is 0.508 e. The van der Waals surface area contributed by atoms with Crippen molar-refractivity contribution in [3.05, 3.63) is 6.92 Å². The van der Waals surface area contributed by atoms with Crippen LogP contribution in [0.25, 0.3) is 0 Å². The van der Waals surface area contributed by atoms with Crippen LogP contribution in [0.15, 0.2) is 0 Å². The fourth-order valence-electron chi connectivity index (χ4n) is 4.96. The second-order valence-electron chi connectivity index (χ2n) is 11.6. The summed E-state index contributed by atoms with van der Waals surface area (Å²) in [4.78, 5) is 26.7. The highest BCUT2D eigenvalue weighted by molar-refractivity contribution is 5.69. The zero-order valence-electron chi connectivity index (χ0n) is 26.7. The van der Waals surface area contributed by atoms with Gasteiger partial charge in [0.05, 0.1) is 19.6 Å². The largest absolute Gasteiger partial charge is 0.508 e. The average Bonchev–Trinajstić information content (AvgIpc) is 2.99. The van der Waals surface area contributed by atoms with Crippen LogP contribution in [0, 0.1) is 18.8 Å². The van der Waals surface area contributed by atoms with Crippen molar-refractivity contribution in [1.29, 1.82) is 0 Å². The number of likely N-dealkylation sites (tertiary alicyclic amines) is 1. The van der Waals surface area contributed by atoms with Crippen LogP contribution in [-0.4, -0.2) is 76.0 Å². The molecule has 241 valence electrons. The van der Waals surface area contributed by atoms with Crippen LogP contribution in [0.5, 0.6) is 0 Å². The van der Waals surface area contributed by atoms with Gasteiger partial charge in [0.2, 0.25) is 0 Å². The predicted octanol–water partition coefficient (Wildman–Crippen LogP) is 7.73. The zero-order valence-corrected chi connectivity index (χ0v) is 26.7. The van der Waals surface area contributed by atoms with Crippen molar-refractivity contribution in [1.82, 2.24) is 4.90 Å². The highest BCUT2D eigenvalue weighted by atomic mass is 16.7. The second kappa shape index (κ2) is 26.3. The summed E-state index contributed by atoms with van der Waals surface area (Å²) in [6, 6.07) is 0. The molecular formula is C33H62NO7. The van der Waals surface area contributed by atoms with E-state index in [1.165, 1.54) is 51.4 Å². The maximum atomic E-state index is 12.4. The third-order valence-electron chi connectivity index (χ3n) is 7.59. The van der Waals surface area contributed by atoms with Gasteiger partial charge in [-0.2, -0.15) is 0 Å². The lowest BCUT2D eigenvalue weighted by Gasteiger charge is -2.31. The van der Waals surface area contributed by atoms with E-state index in [0.29, 0.717) is 32.2 Å². The van der Waals surface area contributed by atoms with Gasteiger partial charge in [0.15, 0.2) is 6.29 Å². The summed E-state index contributed by atoms with van der Waals surface area (Å²) in [5.41, 5.74) is 0. The monoisotopic (exact) mass is 584 g/mol. The van der Waals surface area contributed by atoms with Crippen molar-refractivity contribution in [2.45, 2.75) is 130 Å². The van der Waals surface area contributed by atoms with Crippen molar-refractivity contribution < 1.29 is 33.3 Å². The molecule has 0 spiro atoms. The van der Waals surface area contributed by atoms with Gasteiger partial charge in [0, 0.05) is 38.0 Å². The third kappa shape index (κ3) is 21.9. The minimum atomic E-state index is -0.688. The van der Waals surface area contributed by atoms with Crippen LogP contribution < -0.4 is 0 Å². The van der Waals surface area contributed by atoms with Gasteiger partial charge in [-0.05, 0) is 45.7 Å². The lowest BCUT2D eigenvalue weighted by Crippen LogP contribution is -2.37. The first kappa shape index (κ1) is 37.6. The molecule has 0 aromatic carbocycles. The molecule has 8 nitrogen and oxygen atoms in total. The number of rotatable bonds is 26. The molecule has 1 aliphatic rings. The zero-order chi connectivity index (χ0) is 30.0. The summed E-state index contributed by atoms with van der Waals surface area (Å²) in [5.74, 6) is -0.336. The Morgan fingerprint density at radius 3 is 2.00 bits per heavy atom. The van der Waals surface area contributed by atoms with E-state index in [4.69, 9.17) is 23.7 Å². The molecule has 0 aromatic heterocycles. The van der Waals surface area contributed by atoms with E-state index in [1.54, 1.807) is 0 Å². The number of carbonyl (C=O) groups is 2. The molecule has 1 heterocycles.